The predicted octanol–water partition coefficient (Wildman–Crippen LogP) is 4.04. The zero-order valence-electron chi connectivity index (χ0n) is 13.9. The Morgan fingerprint density at radius 2 is 1.65 bits per heavy atom. The first-order chi connectivity index (χ1) is 11.1. The van der Waals surface area contributed by atoms with Crippen molar-refractivity contribution in [2.45, 2.75) is 25.1 Å². The van der Waals surface area contributed by atoms with Crippen LogP contribution in [0.1, 0.15) is 17.5 Å². The van der Waals surface area contributed by atoms with Crippen LogP contribution < -0.4 is 5.19 Å². The standard InChI is InChI=1S/C20H24O2Si/c1-4-15-22-20(21)16-19(17-11-7-5-8-12-17)23(2,3)18-13-9-6-10-14-18/h4-14,19H,1,15-16H2,2-3H3/t19-/m0/s1. The smallest absolute Gasteiger partial charge is 0.306 e. The van der Waals surface area contributed by atoms with Crippen LogP contribution in [0.5, 0.6) is 0 Å². The second-order valence-electron chi connectivity index (χ2n) is 6.23. The number of rotatable bonds is 7. The second-order valence-corrected chi connectivity index (χ2v) is 10.9. The summed E-state index contributed by atoms with van der Waals surface area (Å²) in [5.74, 6) is -0.157. The maximum Gasteiger partial charge on any atom is 0.306 e. The lowest BCUT2D eigenvalue weighted by Crippen LogP contribution is -2.48. The van der Waals surface area contributed by atoms with E-state index in [-0.39, 0.29) is 18.1 Å². The topological polar surface area (TPSA) is 26.3 Å². The van der Waals surface area contributed by atoms with Crippen LogP contribution >= 0.6 is 0 Å². The molecule has 23 heavy (non-hydrogen) atoms. The summed E-state index contributed by atoms with van der Waals surface area (Å²) >= 11 is 0. The molecule has 0 bridgehead atoms. The van der Waals surface area contributed by atoms with Gasteiger partial charge < -0.3 is 4.74 Å². The van der Waals surface area contributed by atoms with Gasteiger partial charge in [-0.1, -0.05) is 91.6 Å². The van der Waals surface area contributed by atoms with Gasteiger partial charge in [0.25, 0.3) is 0 Å². The molecule has 2 rings (SSSR count). The van der Waals surface area contributed by atoms with E-state index >= 15 is 0 Å². The van der Waals surface area contributed by atoms with Crippen LogP contribution in [0.3, 0.4) is 0 Å². The highest BCUT2D eigenvalue weighted by atomic mass is 28.3. The summed E-state index contributed by atoms with van der Waals surface area (Å²) < 4.78 is 5.24. The van der Waals surface area contributed by atoms with Crippen molar-refractivity contribution in [3.8, 4) is 0 Å². The van der Waals surface area contributed by atoms with Gasteiger partial charge in [-0.25, -0.2) is 0 Å². The normalized spacial score (nSPS) is 12.4. The van der Waals surface area contributed by atoms with Gasteiger partial charge in [0.15, 0.2) is 0 Å². The number of hydrogen-bond acceptors (Lipinski definition) is 2. The Kier molecular flexibility index (Phi) is 5.94. The molecule has 3 heteroatoms. The van der Waals surface area contributed by atoms with Crippen molar-refractivity contribution in [1.29, 1.82) is 0 Å². The van der Waals surface area contributed by atoms with Gasteiger partial charge in [0.2, 0.25) is 0 Å². The fourth-order valence-electron chi connectivity index (χ4n) is 2.92. The molecule has 0 spiro atoms. The van der Waals surface area contributed by atoms with Gasteiger partial charge in [-0.3, -0.25) is 4.79 Å². The lowest BCUT2D eigenvalue weighted by molar-refractivity contribution is -0.142. The van der Waals surface area contributed by atoms with Gasteiger partial charge in [0, 0.05) is 0 Å². The van der Waals surface area contributed by atoms with E-state index in [2.05, 4.69) is 56.1 Å². The number of carbonyl (C=O) groups excluding carboxylic acids is 1. The highest BCUT2D eigenvalue weighted by Gasteiger charge is 2.36. The van der Waals surface area contributed by atoms with Gasteiger partial charge in [-0.05, 0) is 11.1 Å². The van der Waals surface area contributed by atoms with E-state index in [1.54, 1.807) is 6.08 Å². The van der Waals surface area contributed by atoms with Gasteiger partial charge in [-0.2, -0.15) is 0 Å². The fraction of sp³-hybridized carbons (Fsp3) is 0.250. The second kappa shape index (κ2) is 7.93. The number of esters is 1. The van der Waals surface area contributed by atoms with Gasteiger partial charge >= 0.3 is 5.97 Å². The van der Waals surface area contributed by atoms with E-state index in [0.717, 1.165) is 0 Å². The number of benzene rings is 2. The van der Waals surface area contributed by atoms with Crippen molar-refractivity contribution >= 4 is 19.2 Å². The van der Waals surface area contributed by atoms with Crippen LogP contribution in [0, 0.1) is 0 Å². The molecule has 0 radical (unpaired) electrons. The van der Waals surface area contributed by atoms with Crippen molar-refractivity contribution in [3.05, 3.63) is 78.9 Å². The van der Waals surface area contributed by atoms with Crippen molar-refractivity contribution in [1.82, 2.24) is 0 Å². The average molecular weight is 324 g/mol. The summed E-state index contributed by atoms with van der Waals surface area (Å²) in [6.07, 6.45) is 2.02. The molecule has 0 aliphatic rings. The lowest BCUT2D eigenvalue weighted by atomic mass is 10.1. The Balaban J connectivity index is 2.33. The molecule has 0 aliphatic carbocycles. The van der Waals surface area contributed by atoms with E-state index in [9.17, 15) is 4.79 Å². The fourth-order valence-corrected chi connectivity index (χ4v) is 6.08. The average Bonchev–Trinajstić information content (AvgIpc) is 2.59. The molecular formula is C20H24O2Si. The largest absolute Gasteiger partial charge is 0.461 e. The highest BCUT2D eigenvalue weighted by molar-refractivity contribution is 6.91. The van der Waals surface area contributed by atoms with Crippen molar-refractivity contribution in [3.63, 3.8) is 0 Å². The van der Waals surface area contributed by atoms with E-state index in [1.807, 2.05) is 24.3 Å². The molecule has 2 aromatic carbocycles. The Morgan fingerprint density at radius 3 is 2.22 bits per heavy atom. The minimum Gasteiger partial charge on any atom is -0.461 e. The molecule has 120 valence electrons. The van der Waals surface area contributed by atoms with Crippen LogP contribution in [0.15, 0.2) is 73.3 Å². The minimum atomic E-state index is -1.88. The van der Waals surface area contributed by atoms with E-state index < -0.39 is 8.07 Å². The van der Waals surface area contributed by atoms with Crippen LogP contribution in [-0.2, 0) is 9.53 Å². The Bertz CT molecular complexity index is 635. The summed E-state index contributed by atoms with van der Waals surface area (Å²) in [6.45, 7) is 8.51. The van der Waals surface area contributed by atoms with Gasteiger partial charge in [-0.15, -0.1) is 0 Å². The monoisotopic (exact) mass is 324 g/mol. The zero-order chi connectivity index (χ0) is 16.7. The molecule has 0 amide bonds. The number of ether oxygens (including phenoxy) is 1. The Labute approximate surface area is 139 Å². The number of carbonyl (C=O) groups is 1. The summed E-state index contributed by atoms with van der Waals surface area (Å²) in [5, 5.41) is 1.35. The van der Waals surface area contributed by atoms with E-state index in [0.29, 0.717) is 6.42 Å². The lowest BCUT2D eigenvalue weighted by Gasteiger charge is -2.33. The quantitative estimate of drug-likeness (QED) is 0.436. The third-order valence-corrected chi connectivity index (χ3v) is 8.42. The highest BCUT2D eigenvalue weighted by Crippen LogP contribution is 2.30. The number of hydrogen-bond donors (Lipinski definition) is 0. The third kappa shape index (κ3) is 4.42. The van der Waals surface area contributed by atoms with Gasteiger partial charge in [0.1, 0.15) is 6.61 Å². The molecule has 2 aromatic rings. The van der Waals surface area contributed by atoms with Crippen molar-refractivity contribution < 1.29 is 9.53 Å². The molecular weight excluding hydrogens is 300 g/mol. The van der Waals surface area contributed by atoms with E-state index in [1.165, 1.54) is 10.8 Å². The first kappa shape index (κ1) is 17.2. The molecule has 0 aliphatic heterocycles. The summed E-state index contributed by atoms with van der Waals surface area (Å²) in [6, 6.07) is 20.8. The molecule has 0 fully saturated rings. The molecule has 0 unspecified atom stereocenters. The summed E-state index contributed by atoms with van der Waals surface area (Å²) in [7, 11) is -1.88. The minimum absolute atomic E-state index is 0.157. The summed E-state index contributed by atoms with van der Waals surface area (Å²) in [5.41, 5.74) is 1.40. The van der Waals surface area contributed by atoms with E-state index in [4.69, 9.17) is 4.74 Å². The molecule has 0 N–H and O–H groups in total. The molecule has 0 aromatic heterocycles. The van der Waals surface area contributed by atoms with Crippen LogP contribution in [-0.4, -0.2) is 20.7 Å². The first-order valence-electron chi connectivity index (χ1n) is 7.92. The molecule has 0 saturated carbocycles. The SMILES string of the molecule is C=CCOC(=O)C[C@@H](c1ccccc1)[Si](C)(C)c1ccccc1. The van der Waals surface area contributed by atoms with Gasteiger partial charge in [0.05, 0.1) is 14.5 Å². The van der Waals surface area contributed by atoms with Crippen LogP contribution in [0.2, 0.25) is 13.1 Å². The Morgan fingerprint density at radius 1 is 1.09 bits per heavy atom. The van der Waals surface area contributed by atoms with Crippen molar-refractivity contribution in [2.75, 3.05) is 6.61 Å². The predicted molar refractivity (Wildman–Crippen MR) is 98.5 cm³/mol. The van der Waals surface area contributed by atoms with Crippen LogP contribution in [0.25, 0.3) is 0 Å². The Hall–Kier alpha value is -2.13. The maximum absolute atomic E-state index is 12.2. The molecule has 1 atom stereocenters. The molecule has 0 saturated heterocycles. The van der Waals surface area contributed by atoms with Crippen LogP contribution in [0.4, 0.5) is 0 Å². The summed E-state index contributed by atoms with van der Waals surface area (Å²) in [4.78, 5) is 12.2. The molecule has 2 nitrogen and oxygen atoms in total. The zero-order valence-corrected chi connectivity index (χ0v) is 14.9. The maximum atomic E-state index is 12.2. The first-order valence-corrected chi connectivity index (χ1v) is 11.0. The van der Waals surface area contributed by atoms with Crippen molar-refractivity contribution in [2.24, 2.45) is 0 Å². The third-order valence-electron chi connectivity index (χ3n) is 4.32. The molecule has 0 heterocycles.